The molecule has 1 rings (SSSR count). The zero-order valence-corrected chi connectivity index (χ0v) is 13.1. The minimum absolute atomic E-state index is 0. The van der Waals surface area contributed by atoms with E-state index in [0.717, 1.165) is 12.0 Å². The molecule has 88 valence electrons. The van der Waals surface area contributed by atoms with Crippen molar-refractivity contribution in [3.63, 3.8) is 0 Å². The number of aryl methyl sites for hydroxylation is 1. The molecular formula is C13H17NaO3. The van der Waals surface area contributed by atoms with Crippen molar-refractivity contribution in [3.8, 4) is 5.75 Å². The average molecular weight is 244 g/mol. The predicted molar refractivity (Wildman–Crippen MR) is 60.5 cm³/mol. The first-order valence-corrected chi connectivity index (χ1v) is 5.35. The molecule has 0 aliphatic carbocycles. The van der Waals surface area contributed by atoms with Crippen molar-refractivity contribution >= 4 is 5.97 Å². The van der Waals surface area contributed by atoms with Crippen molar-refractivity contribution in [1.82, 2.24) is 0 Å². The topological polar surface area (TPSA) is 60.4 Å². The molecule has 17 heavy (non-hydrogen) atoms. The Bertz CT molecular complexity index is 419. The van der Waals surface area contributed by atoms with Gasteiger partial charge >= 0.3 is 29.6 Å². The summed E-state index contributed by atoms with van der Waals surface area (Å²) < 4.78 is 0. The maximum absolute atomic E-state index is 10.9. The van der Waals surface area contributed by atoms with Gasteiger partial charge in [0.15, 0.2) is 0 Å². The summed E-state index contributed by atoms with van der Waals surface area (Å²) in [5.41, 5.74) is 1.12. The molecule has 0 radical (unpaired) electrons. The summed E-state index contributed by atoms with van der Waals surface area (Å²) in [4.78, 5) is 10.9. The second-order valence-corrected chi connectivity index (χ2v) is 4.93. The van der Waals surface area contributed by atoms with Crippen LogP contribution in [0.25, 0.3) is 0 Å². The van der Waals surface area contributed by atoms with Crippen molar-refractivity contribution in [2.45, 2.75) is 39.5 Å². The number of carboxylic acids is 1. The van der Waals surface area contributed by atoms with Crippen LogP contribution in [0.3, 0.4) is 0 Å². The number of carbonyl (C=O) groups excluding carboxylic acids is 1. The Kier molecular flexibility index (Phi) is 5.72. The molecular weight excluding hydrogens is 227 g/mol. The Morgan fingerprint density at radius 3 is 2.24 bits per heavy atom. The average Bonchev–Trinajstić information content (AvgIpc) is 2.15. The zero-order chi connectivity index (χ0) is 12.5. The molecule has 3 nitrogen and oxygen atoms in total. The maximum Gasteiger partial charge on any atom is 1.00 e. The Morgan fingerprint density at radius 2 is 1.88 bits per heavy atom. The van der Waals surface area contributed by atoms with Crippen molar-refractivity contribution in [2.24, 2.45) is 0 Å². The van der Waals surface area contributed by atoms with Crippen LogP contribution in [-0.2, 0) is 11.8 Å². The van der Waals surface area contributed by atoms with Crippen LogP contribution in [0.4, 0.5) is 0 Å². The van der Waals surface area contributed by atoms with Crippen LogP contribution >= 0.6 is 0 Å². The van der Waals surface area contributed by atoms with E-state index in [2.05, 4.69) is 0 Å². The number of aromatic carboxylic acids is 1. The number of aromatic hydroxyl groups is 1. The number of benzene rings is 1. The van der Waals surface area contributed by atoms with E-state index in [1.54, 1.807) is 0 Å². The minimum atomic E-state index is -1.33. The molecule has 0 unspecified atom stereocenters. The number of phenols is 1. The van der Waals surface area contributed by atoms with Crippen LogP contribution in [-0.4, -0.2) is 11.1 Å². The van der Waals surface area contributed by atoms with Gasteiger partial charge in [0.25, 0.3) is 0 Å². The van der Waals surface area contributed by atoms with E-state index in [1.807, 2.05) is 33.8 Å². The van der Waals surface area contributed by atoms with Crippen LogP contribution < -0.4 is 34.7 Å². The molecule has 0 fully saturated rings. The van der Waals surface area contributed by atoms with Gasteiger partial charge in [-0.3, -0.25) is 0 Å². The molecule has 0 saturated carbocycles. The van der Waals surface area contributed by atoms with E-state index in [1.165, 1.54) is 6.07 Å². The van der Waals surface area contributed by atoms with Crippen molar-refractivity contribution in [1.29, 1.82) is 0 Å². The number of hydrogen-bond donors (Lipinski definition) is 1. The van der Waals surface area contributed by atoms with Crippen molar-refractivity contribution < 1.29 is 44.6 Å². The number of carboxylic acid groups (broad SMARTS) is 1. The third-order valence-electron chi connectivity index (χ3n) is 2.61. The van der Waals surface area contributed by atoms with Crippen molar-refractivity contribution in [3.05, 3.63) is 28.8 Å². The summed E-state index contributed by atoms with van der Waals surface area (Å²) in [6.07, 6.45) is 0.726. The molecule has 0 atom stereocenters. The largest absolute Gasteiger partial charge is 1.00 e. The molecule has 1 N–H and O–H groups in total. The fraction of sp³-hybridized carbons (Fsp3) is 0.462. The van der Waals surface area contributed by atoms with Gasteiger partial charge in [-0.05, 0) is 23.5 Å². The van der Waals surface area contributed by atoms with Gasteiger partial charge in [0.1, 0.15) is 5.75 Å². The summed E-state index contributed by atoms with van der Waals surface area (Å²) in [6.45, 7) is 7.74. The van der Waals surface area contributed by atoms with Crippen LogP contribution in [0, 0.1) is 0 Å². The molecule has 0 bridgehead atoms. The molecule has 0 amide bonds. The Morgan fingerprint density at radius 1 is 1.35 bits per heavy atom. The zero-order valence-electron chi connectivity index (χ0n) is 11.1. The van der Waals surface area contributed by atoms with Crippen LogP contribution in [0.1, 0.15) is 49.2 Å². The summed E-state index contributed by atoms with van der Waals surface area (Å²) in [6, 6.07) is 3.32. The second-order valence-electron chi connectivity index (χ2n) is 4.93. The Hall–Kier alpha value is -0.510. The Balaban J connectivity index is 0.00000256. The van der Waals surface area contributed by atoms with Crippen LogP contribution in [0.2, 0.25) is 0 Å². The minimum Gasteiger partial charge on any atom is -0.545 e. The van der Waals surface area contributed by atoms with E-state index in [9.17, 15) is 15.0 Å². The number of hydrogen-bond acceptors (Lipinski definition) is 3. The predicted octanol–water partition coefficient (Wildman–Crippen LogP) is -1.38. The number of rotatable bonds is 2. The molecule has 0 spiro atoms. The molecule has 0 heterocycles. The summed E-state index contributed by atoms with van der Waals surface area (Å²) >= 11 is 0. The summed E-state index contributed by atoms with van der Waals surface area (Å²) in [7, 11) is 0. The first-order chi connectivity index (χ1) is 7.27. The molecule has 4 heteroatoms. The van der Waals surface area contributed by atoms with E-state index < -0.39 is 5.97 Å². The monoisotopic (exact) mass is 244 g/mol. The van der Waals surface area contributed by atoms with Gasteiger partial charge in [-0.2, -0.15) is 0 Å². The quantitative estimate of drug-likeness (QED) is 0.652. The van der Waals surface area contributed by atoms with E-state index in [4.69, 9.17) is 0 Å². The normalized spacial score (nSPS) is 10.8. The maximum atomic E-state index is 10.9. The van der Waals surface area contributed by atoms with Crippen LogP contribution in [0.15, 0.2) is 12.1 Å². The van der Waals surface area contributed by atoms with Gasteiger partial charge in [-0.15, -0.1) is 0 Å². The van der Waals surface area contributed by atoms with Crippen molar-refractivity contribution in [2.75, 3.05) is 0 Å². The molecule has 1 aromatic rings. The van der Waals surface area contributed by atoms with E-state index >= 15 is 0 Å². The second kappa shape index (κ2) is 5.89. The summed E-state index contributed by atoms with van der Waals surface area (Å²) in [5.74, 6) is -1.51. The molecule has 0 saturated heterocycles. The van der Waals surface area contributed by atoms with E-state index in [0.29, 0.717) is 5.56 Å². The first kappa shape index (κ1) is 16.5. The number of carbonyl (C=O) groups is 1. The molecule has 0 aromatic heterocycles. The first-order valence-electron chi connectivity index (χ1n) is 5.35. The van der Waals surface area contributed by atoms with Gasteiger partial charge in [-0.1, -0.05) is 33.8 Å². The fourth-order valence-corrected chi connectivity index (χ4v) is 1.63. The fourth-order valence-electron chi connectivity index (χ4n) is 1.63. The summed E-state index contributed by atoms with van der Waals surface area (Å²) in [5, 5.41) is 20.8. The molecule has 0 aliphatic heterocycles. The van der Waals surface area contributed by atoms with Gasteiger partial charge in [0.05, 0.1) is 5.97 Å². The molecule has 0 aliphatic rings. The third kappa shape index (κ3) is 3.73. The van der Waals surface area contributed by atoms with E-state index in [-0.39, 0.29) is 46.3 Å². The van der Waals surface area contributed by atoms with Gasteiger partial charge in [0.2, 0.25) is 0 Å². The smallest absolute Gasteiger partial charge is 0.545 e. The SMILES string of the molecule is CCc1cc(C(=O)[O-])c(O)c(C(C)(C)C)c1.[Na+]. The van der Waals surface area contributed by atoms with Crippen LogP contribution in [0.5, 0.6) is 5.75 Å². The molecule has 1 aromatic carbocycles. The van der Waals surface area contributed by atoms with Gasteiger partial charge in [0, 0.05) is 11.1 Å². The third-order valence-corrected chi connectivity index (χ3v) is 2.61. The Labute approximate surface area is 124 Å². The standard InChI is InChI=1S/C13H18O3.Na/c1-5-8-6-9(12(15)16)11(14)10(7-8)13(2,3)4;/h6-7,14H,5H2,1-4H3,(H,15,16);/q;+1/p-1. The van der Waals surface area contributed by atoms with Gasteiger partial charge in [-0.25, -0.2) is 0 Å². The van der Waals surface area contributed by atoms with Gasteiger partial charge < -0.3 is 15.0 Å².